The van der Waals surface area contributed by atoms with Crippen LogP contribution in [0.5, 0.6) is 0 Å². The van der Waals surface area contributed by atoms with Gasteiger partial charge in [-0.1, -0.05) is 30.3 Å². The van der Waals surface area contributed by atoms with Crippen LogP contribution in [0.4, 0.5) is 0 Å². The van der Waals surface area contributed by atoms with Gasteiger partial charge in [0.05, 0.1) is 0 Å². The standard InChI is InChI=1S/C12H15NO/c14-13(12-8-4-5-9-12)10-11-6-2-1-3-7-11/h1-3,6-7H,4-5,8-10H2. The Hall–Kier alpha value is -1.31. The van der Waals surface area contributed by atoms with E-state index in [1.165, 1.54) is 17.6 Å². The Morgan fingerprint density at radius 2 is 1.71 bits per heavy atom. The average Bonchev–Trinajstić information content (AvgIpc) is 2.72. The summed E-state index contributed by atoms with van der Waals surface area (Å²) < 4.78 is 1.17. The summed E-state index contributed by atoms with van der Waals surface area (Å²) in [6.45, 7) is 0.510. The number of nitrogens with zero attached hydrogens (tertiary/aromatic N) is 1. The topological polar surface area (TPSA) is 26.1 Å². The molecule has 0 atom stereocenters. The van der Waals surface area contributed by atoms with Crippen molar-refractivity contribution in [1.29, 1.82) is 0 Å². The van der Waals surface area contributed by atoms with Gasteiger partial charge in [0, 0.05) is 18.4 Å². The van der Waals surface area contributed by atoms with Crippen LogP contribution in [-0.4, -0.2) is 10.5 Å². The fourth-order valence-electron chi connectivity index (χ4n) is 1.89. The van der Waals surface area contributed by atoms with Crippen molar-refractivity contribution in [2.24, 2.45) is 0 Å². The van der Waals surface area contributed by atoms with Gasteiger partial charge in [0.2, 0.25) is 0 Å². The molecule has 2 heteroatoms. The lowest BCUT2D eigenvalue weighted by Crippen LogP contribution is -2.12. The average molecular weight is 189 g/mol. The van der Waals surface area contributed by atoms with E-state index in [4.69, 9.17) is 0 Å². The minimum absolute atomic E-state index is 0.510. The number of hydroxylamine groups is 1. The highest BCUT2D eigenvalue weighted by Gasteiger charge is 2.15. The molecule has 1 aromatic rings. The van der Waals surface area contributed by atoms with Crippen molar-refractivity contribution in [3.05, 3.63) is 41.1 Å². The second kappa shape index (κ2) is 4.27. The number of hydrogen-bond donors (Lipinski definition) is 0. The van der Waals surface area contributed by atoms with Crippen molar-refractivity contribution in [2.75, 3.05) is 0 Å². The van der Waals surface area contributed by atoms with Crippen LogP contribution >= 0.6 is 0 Å². The van der Waals surface area contributed by atoms with Crippen LogP contribution < -0.4 is 0 Å². The summed E-state index contributed by atoms with van der Waals surface area (Å²) >= 11 is 0. The zero-order valence-electron chi connectivity index (χ0n) is 8.28. The van der Waals surface area contributed by atoms with Crippen molar-refractivity contribution < 1.29 is 4.74 Å². The van der Waals surface area contributed by atoms with E-state index in [1.54, 1.807) is 0 Å². The molecule has 0 bridgehead atoms. The largest absolute Gasteiger partial charge is 0.624 e. The summed E-state index contributed by atoms with van der Waals surface area (Å²) in [7, 11) is 0. The van der Waals surface area contributed by atoms with Crippen LogP contribution in [0.15, 0.2) is 30.3 Å². The van der Waals surface area contributed by atoms with E-state index < -0.39 is 0 Å². The van der Waals surface area contributed by atoms with Crippen LogP contribution in [0, 0.1) is 5.21 Å². The van der Waals surface area contributed by atoms with E-state index in [0.717, 1.165) is 24.1 Å². The van der Waals surface area contributed by atoms with Gasteiger partial charge in [-0.3, -0.25) is 0 Å². The summed E-state index contributed by atoms with van der Waals surface area (Å²) in [4.78, 5) is 0. The van der Waals surface area contributed by atoms with Gasteiger partial charge in [-0.25, -0.2) is 4.74 Å². The van der Waals surface area contributed by atoms with Crippen molar-refractivity contribution in [2.45, 2.75) is 32.2 Å². The zero-order chi connectivity index (χ0) is 9.80. The van der Waals surface area contributed by atoms with Crippen molar-refractivity contribution in [3.63, 3.8) is 0 Å². The zero-order valence-corrected chi connectivity index (χ0v) is 8.28. The van der Waals surface area contributed by atoms with Crippen LogP contribution in [0.3, 0.4) is 0 Å². The highest BCUT2D eigenvalue weighted by atomic mass is 16.5. The first-order valence-electron chi connectivity index (χ1n) is 5.19. The Labute approximate surface area is 84.5 Å². The minimum Gasteiger partial charge on any atom is -0.624 e. The van der Waals surface area contributed by atoms with E-state index in [0.29, 0.717) is 6.54 Å². The maximum atomic E-state index is 11.7. The number of benzene rings is 1. The molecule has 0 unspecified atom stereocenters. The van der Waals surface area contributed by atoms with Gasteiger partial charge in [-0.15, -0.1) is 0 Å². The molecule has 0 amide bonds. The summed E-state index contributed by atoms with van der Waals surface area (Å²) in [6.07, 6.45) is 4.36. The van der Waals surface area contributed by atoms with Crippen molar-refractivity contribution in [1.82, 2.24) is 0 Å². The van der Waals surface area contributed by atoms with E-state index in [-0.39, 0.29) is 0 Å². The Balaban J connectivity index is 2.07. The van der Waals surface area contributed by atoms with E-state index in [9.17, 15) is 5.21 Å². The third kappa shape index (κ3) is 2.13. The third-order valence-corrected chi connectivity index (χ3v) is 2.70. The quantitative estimate of drug-likeness (QED) is 0.399. The molecule has 0 spiro atoms. The molecule has 0 aliphatic heterocycles. The van der Waals surface area contributed by atoms with E-state index in [1.807, 2.05) is 30.3 Å². The first-order valence-corrected chi connectivity index (χ1v) is 5.19. The van der Waals surface area contributed by atoms with Crippen LogP contribution in [-0.2, 0) is 6.54 Å². The van der Waals surface area contributed by atoms with Gasteiger partial charge >= 0.3 is 0 Å². The fourth-order valence-corrected chi connectivity index (χ4v) is 1.89. The normalized spacial score (nSPS) is 15.9. The molecule has 2 rings (SSSR count). The molecule has 0 aromatic heterocycles. The maximum Gasteiger partial charge on any atom is 0.178 e. The van der Waals surface area contributed by atoms with Crippen LogP contribution in [0.1, 0.15) is 31.2 Å². The molecule has 0 saturated heterocycles. The van der Waals surface area contributed by atoms with Gasteiger partial charge in [-0.2, -0.15) is 0 Å². The molecule has 74 valence electrons. The Morgan fingerprint density at radius 3 is 2.36 bits per heavy atom. The molecule has 1 aliphatic rings. The monoisotopic (exact) mass is 189 g/mol. The lowest BCUT2D eigenvalue weighted by Gasteiger charge is -2.06. The molecule has 1 aromatic carbocycles. The molecular formula is C12H15NO. The summed E-state index contributed by atoms with van der Waals surface area (Å²) in [5, 5.41) is 11.7. The Bertz CT molecular complexity index is 321. The smallest absolute Gasteiger partial charge is 0.178 e. The SMILES string of the molecule is [O-][N+](Cc1ccccc1)=C1CCCC1. The molecule has 14 heavy (non-hydrogen) atoms. The predicted molar refractivity (Wildman–Crippen MR) is 57.2 cm³/mol. The summed E-state index contributed by atoms with van der Waals surface area (Å²) in [5.74, 6) is 0. The predicted octanol–water partition coefficient (Wildman–Crippen LogP) is 2.71. The lowest BCUT2D eigenvalue weighted by molar-refractivity contribution is -0.476. The highest BCUT2D eigenvalue weighted by Crippen LogP contribution is 2.15. The van der Waals surface area contributed by atoms with Gasteiger partial charge in [0.1, 0.15) is 0 Å². The summed E-state index contributed by atoms with van der Waals surface area (Å²) in [6, 6.07) is 9.92. The van der Waals surface area contributed by atoms with Crippen LogP contribution in [0.25, 0.3) is 0 Å². The van der Waals surface area contributed by atoms with Crippen LogP contribution in [0.2, 0.25) is 0 Å². The molecule has 1 aliphatic carbocycles. The van der Waals surface area contributed by atoms with Gasteiger partial charge in [0.25, 0.3) is 0 Å². The second-order valence-corrected chi connectivity index (χ2v) is 3.80. The minimum atomic E-state index is 0.510. The highest BCUT2D eigenvalue weighted by molar-refractivity contribution is 5.81. The summed E-state index contributed by atoms with van der Waals surface area (Å²) in [5.41, 5.74) is 2.18. The molecular weight excluding hydrogens is 174 g/mol. The Kier molecular flexibility index (Phi) is 2.82. The molecule has 0 N–H and O–H groups in total. The first-order chi connectivity index (χ1) is 6.86. The fraction of sp³-hybridized carbons (Fsp3) is 0.417. The first kappa shape index (κ1) is 9.25. The molecule has 0 radical (unpaired) electrons. The Morgan fingerprint density at radius 1 is 1.07 bits per heavy atom. The second-order valence-electron chi connectivity index (χ2n) is 3.80. The molecule has 2 nitrogen and oxygen atoms in total. The number of hydrogen-bond acceptors (Lipinski definition) is 1. The van der Waals surface area contributed by atoms with Crippen molar-refractivity contribution >= 4 is 5.71 Å². The van der Waals surface area contributed by atoms with E-state index in [2.05, 4.69) is 0 Å². The molecule has 0 heterocycles. The lowest BCUT2D eigenvalue weighted by atomic mass is 10.2. The van der Waals surface area contributed by atoms with Gasteiger partial charge < -0.3 is 5.21 Å². The third-order valence-electron chi connectivity index (χ3n) is 2.70. The van der Waals surface area contributed by atoms with Gasteiger partial charge in [0.15, 0.2) is 12.3 Å². The maximum absolute atomic E-state index is 11.7. The number of rotatable bonds is 2. The van der Waals surface area contributed by atoms with Crippen molar-refractivity contribution in [3.8, 4) is 0 Å². The molecule has 1 fully saturated rings. The van der Waals surface area contributed by atoms with E-state index >= 15 is 0 Å². The van der Waals surface area contributed by atoms with Gasteiger partial charge in [-0.05, 0) is 12.8 Å². The molecule has 1 saturated carbocycles.